The highest BCUT2D eigenvalue weighted by Gasteiger charge is 2.29. The smallest absolute Gasteiger partial charge is 0.308 e. The van der Waals surface area contributed by atoms with E-state index in [4.69, 9.17) is 5.11 Å². The van der Waals surface area contributed by atoms with Gasteiger partial charge in [0.2, 0.25) is 0 Å². The first-order valence-corrected chi connectivity index (χ1v) is 6.95. The number of nitrogens with zero attached hydrogens (tertiary/aromatic N) is 1. The monoisotopic (exact) mass is 267 g/mol. The minimum atomic E-state index is -0.800. The molecule has 1 saturated heterocycles. The van der Waals surface area contributed by atoms with Crippen molar-refractivity contribution < 1.29 is 14.7 Å². The van der Waals surface area contributed by atoms with Gasteiger partial charge in [0, 0.05) is 23.3 Å². The van der Waals surface area contributed by atoms with Crippen LogP contribution < -0.4 is 0 Å². The van der Waals surface area contributed by atoms with Crippen molar-refractivity contribution in [1.29, 1.82) is 0 Å². The molecule has 0 spiro atoms. The normalized spacial score (nSPS) is 19.9. The summed E-state index contributed by atoms with van der Waals surface area (Å²) in [5.74, 6) is -1.24. The molecule has 1 fully saturated rings. The number of carboxylic acids is 1. The number of amides is 1. The van der Waals surface area contributed by atoms with Crippen molar-refractivity contribution in [2.24, 2.45) is 5.92 Å². The zero-order chi connectivity index (χ0) is 13.3. The van der Waals surface area contributed by atoms with Crippen LogP contribution in [-0.4, -0.2) is 35.0 Å². The van der Waals surface area contributed by atoms with Crippen molar-refractivity contribution in [3.05, 3.63) is 21.4 Å². The molecule has 0 bridgehead atoms. The summed E-state index contributed by atoms with van der Waals surface area (Å²) < 4.78 is 0. The SMILES string of the molecule is Cc1scc(C(=O)N2CCC[C@H](C(=O)O)C2)c1C. The lowest BCUT2D eigenvalue weighted by Crippen LogP contribution is -2.42. The van der Waals surface area contributed by atoms with E-state index in [9.17, 15) is 9.59 Å². The molecule has 1 aromatic heterocycles. The molecular formula is C13H17NO3S. The Morgan fingerprint density at radius 2 is 2.17 bits per heavy atom. The predicted octanol–water partition coefficient (Wildman–Crippen LogP) is 2.30. The summed E-state index contributed by atoms with van der Waals surface area (Å²) >= 11 is 1.57. The largest absolute Gasteiger partial charge is 0.481 e. The second kappa shape index (κ2) is 5.10. The number of aryl methyl sites for hydroxylation is 1. The molecule has 98 valence electrons. The Morgan fingerprint density at radius 1 is 1.44 bits per heavy atom. The molecule has 4 nitrogen and oxygen atoms in total. The van der Waals surface area contributed by atoms with Crippen LogP contribution in [0, 0.1) is 19.8 Å². The summed E-state index contributed by atoms with van der Waals surface area (Å²) in [6.45, 7) is 4.93. The van der Waals surface area contributed by atoms with Crippen molar-refractivity contribution in [2.75, 3.05) is 13.1 Å². The maximum absolute atomic E-state index is 12.3. The third-order valence-electron chi connectivity index (χ3n) is 3.57. The Hall–Kier alpha value is -1.36. The molecule has 0 unspecified atom stereocenters. The predicted molar refractivity (Wildman–Crippen MR) is 70.1 cm³/mol. The number of thiophene rings is 1. The zero-order valence-corrected chi connectivity index (χ0v) is 11.4. The van der Waals surface area contributed by atoms with E-state index in [1.807, 2.05) is 19.2 Å². The summed E-state index contributed by atoms with van der Waals surface area (Å²) in [6, 6.07) is 0. The Balaban J connectivity index is 2.14. The van der Waals surface area contributed by atoms with E-state index in [2.05, 4.69) is 0 Å². The Kier molecular flexibility index (Phi) is 3.71. The van der Waals surface area contributed by atoms with Gasteiger partial charge in [-0.1, -0.05) is 0 Å². The van der Waals surface area contributed by atoms with E-state index in [1.54, 1.807) is 16.2 Å². The number of hydrogen-bond donors (Lipinski definition) is 1. The highest BCUT2D eigenvalue weighted by molar-refractivity contribution is 7.10. The van der Waals surface area contributed by atoms with Gasteiger partial charge in [0.15, 0.2) is 0 Å². The first-order chi connectivity index (χ1) is 8.50. The van der Waals surface area contributed by atoms with Crippen molar-refractivity contribution in [2.45, 2.75) is 26.7 Å². The quantitative estimate of drug-likeness (QED) is 0.894. The molecule has 0 saturated carbocycles. The summed E-state index contributed by atoms with van der Waals surface area (Å²) in [4.78, 5) is 26.2. The molecule has 1 aliphatic heterocycles. The highest BCUT2D eigenvalue weighted by Crippen LogP contribution is 2.24. The fraction of sp³-hybridized carbons (Fsp3) is 0.538. The summed E-state index contributed by atoms with van der Waals surface area (Å²) in [7, 11) is 0. The molecule has 2 heterocycles. The van der Waals surface area contributed by atoms with Crippen LogP contribution in [0.15, 0.2) is 5.38 Å². The summed E-state index contributed by atoms with van der Waals surface area (Å²) in [5, 5.41) is 10.9. The van der Waals surface area contributed by atoms with Crippen LogP contribution in [0.25, 0.3) is 0 Å². The van der Waals surface area contributed by atoms with Gasteiger partial charge in [-0.05, 0) is 32.3 Å². The molecule has 5 heteroatoms. The van der Waals surface area contributed by atoms with E-state index in [-0.39, 0.29) is 5.91 Å². The number of hydrogen-bond acceptors (Lipinski definition) is 3. The summed E-state index contributed by atoms with van der Waals surface area (Å²) in [5.41, 5.74) is 1.74. The number of aliphatic carboxylic acids is 1. The number of carbonyl (C=O) groups excluding carboxylic acids is 1. The Bertz CT molecular complexity index is 481. The molecule has 0 radical (unpaired) electrons. The van der Waals surface area contributed by atoms with Crippen LogP contribution in [0.2, 0.25) is 0 Å². The average Bonchev–Trinajstić information content (AvgIpc) is 2.69. The van der Waals surface area contributed by atoms with Crippen LogP contribution >= 0.6 is 11.3 Å². The topological polar surface area (TPSA) is 57.6 Å². The van der Waals surface area contributed by atoms with Crippen LogP contribution in [0.4, 0.5) is 0 Å². The molecule has 2 rings (SSSR count). The lowest BCUT2D eigenvalue weighted by atomic mass is 9.97. The second-order valence-electron chi connectivity index (χ2n) is 4.76. The minimum Gasteiger partial charge on any atom is -0.481 e. The molecule has 1 N–H and O–H groups in total. The van der Waals surface area contributed by atoms with Crippen LogP contribution in [0.5, 0.6) is 0 Å². The fourth-order valence-corrected chi connectivity index (χ4v) is 3.12. The maximum atomic E-state index is 12.3. The molecule has 0 aromatic carbocycles. The van der Waals surface area contributed by atoms with Gasteiger partial charge in [0.25, 0.3) is 5.91 Å². The van der Waals surface area contributed by atoms with Crippen molar-refractivity contribution in [3.8, 4) is 0 Å². The lowest BCUT2D eigenvalue weighted by Gasteiger charge is -2.30. The van der Waals surface area contributed by atoms with Crippen molar-refractivity contribution >= 4 is 23.2 Å². The fourth-order valence-electron chi connectivity index (χ4n) is 2.26. The zero-order valence-electron chi connectivity index (χ0n) is 10.6. The first-order valence-electron chi connectivity index (χ1n) is 6.07. The van der Waals surface area contributed by atoms with Crippen LogP contribution in [0.1, 0.15) is 33.6 Å². The van der Waals surface area contributed by atoms with Crippen LogP contribution in [0.3, 0.4) is 0 Å². The van der Waals surface area contributed by atoms with Gasteiger partial charge >= 0.3 is 5.97 Å². The molecule has 1 amide bonds. The van der Waals surface area contributed by atoms with Gasteiger partial charge in [-0.3, -0.25) is 9.59 Å². The Morgan fingerprint density at radius 3 is 2.72 bits per heavy atom. The number of piperidine rings is 1. The third kappa shape index (κ3) is 2.41. The summed E-state index contributed by atoms with van der Waals surface area (Å²) in [6.07, 6.45) is 1.44. The third-order valence-corrected chi connectivity index (χ3v) is 4.59. The highest BCUT2D eigenvalue weighted by atomic mass is 32.1. The minimum absolute atomic E-state index is 0.0252. The molecule has 0 aliphatic carbocycles. The number of carboxylic acid groups (broad SMARTS) is 1. The van der Waals surface area contributed by atoms with Crippen molar-refractivity contribution in [3.63, 3.8) is 0 Å². The van der Waals surface area contributed by atoms with E-state index in [0.717, 1.165) is 22.4 Å². The van der Waals surface area contributed by atoms with Gasteiger partial charge in [0.05, 0.1) is 11.5 Å². The first kappa shape index (κ1) is 13.1. The van der Waals surface area contributed by atoms with Gasteiger partial charge < -0.3 is 10.0 Å². The molecule has 1 aromatic rings. The molecule has 18 heavy (non-hydrogen) atoms. The van der Waals surface area contributed by atoms with E-state index in [1.165, 1.54) is 0 Å². The van der Waals surface area contributed by atoms with Crippen LogP contribution in [-0.2, 0) is 4.79 Å². The number of carbonyl (C=O) groups is 2. The van der Waals surface area contributed by atoms with E-state index < -0.39 is 11.9 Å². The lowest BCUT2D eigenvalue weighted by molar-refractivity contribution is -0.143. The number of likely N-dealkylation sites (tertiary alicyclic amines) is 1. The van der Waals surface area contributed by atoms with E-state index >= 15 is 0 Å². The van der Waals surface area contributed by atoms with E-state index in [0.29, 0.717) is 19.5 Å². The van der Waals surface area contributed by atoms with Gasteiger partial charge in [-0.25, -0.2) is 0 Å². The Labute approximate surface area is 110 Å². The second-order valence-corrected chi connectivity index (χ2v) is 5.84. The average molecular weight is 267 g/mol. The molecular weight excluding hydrogens is 250 g/mol. The molecule has 1 aliphatic rings. The maximum Gasteiger partial charge on any atom is 0.308 e. The van der Waals surface area contributed by atoms with Gasteiger partial charge in [-0.2, -0.15) is 0 Å². The number of rotatable bonds is 2. The van der Waals surface area contributed by atoms with Gasteiger partial charge in [-0.15, -0.1) is 11.3 Å². The van der Waals surface area contributed by atoms with Crippen molar-refractivity contribution in [1.82, 2.24) is 4.90 Å². The standard InChI is InChI=1S/C13H17NO3S/c1-8-9(2)18-7-11(8)12(15)14-5-3-4-10(6-14)13(16)17/h7,10H,3-6H2,1-2H3,(H,16,17)/t10-/m0/s1. The molecule has 1 atom stereocenters. The van der Waals surface area contributed by atoms with Gasteiger partial charge in [0.1, 0.15) is 0 Å².